The fourth-order valence-electron chi connectivity index (χ4n) is 3.16. The van der Waals surface area contributed by atoms with Gasteiger partial charge in [-0.1, -0.05) is 24.3 Å². The van der Waals surface area contributed by atoms with Crippen molar-refractivity contribution in [3.05, 3.63) is 53.0 Å². The number of aryl methyl sites for hydroxylation is 1. The van der Waals surface area contributed by atoms with Gasteiger partial charge >= 0.3 is 0 Å². The van der Waals surface area contributed by atoms with E-state index in [1.165, 1.54) is 16.7 Å². The van der Waals surface area contributed by atoms with E-state index in [0.29, 0.717) is 6.04 Å². The first kappa shape index (κ1) is 15.9. The Morgan fingerprint density at radius 3 is 2.87 bits per heavy atom. The topological polar surface area (TPSA) is 53.1 Å². The molecule has 0 saturated heterocycles. The molecule has 23 heavy (non-hydrogen) atoms. The van der Waals surface area contributed by atoms with E-state index in [-0.39, 0.29) is 0 Å². The van der Waals surface area contributed by atoms with Crippen LogP contribution in [0.3, 0.4) is 0 Å². The van der Waals surface area contributed by atoms with Crippen LogP contribution in [-0.4, -0.2) is 42.1 Å². The number of nitrogens with one attached hydrogen (secondary N) is 2. The second kappa shape index (κ2) is 7.06. The molecule has 0 bridgehead atoms. The Hall–Kier alpha value is -1.98. The molecule has 0 amide bonds. The molecule has 5 nitrogen and oxygen atoms in total. The highest BCUT2D eigenvalue weighted by Gasteiger charge is 2.19. The third-order valence-electron chi connectivity index (χ3n) is 4.51. The van der Waals surface area contributed by atoms with Crippen LogP contribution in [0.25, 0.3) is 0 Å². The zero-order valence-corrected chi connectivity index (χ0v) is 14.1. The van der Waals surface area contributed by atoms with Crippen molar-refractivity contribution in [2.75, 3.05) is 32.5 Å². The highest BCUT2D eigenvalue weighted by molar-refractivity contribution is 5.47. The predicted molar refractivity (Wildman–Crippen MR) is 93.5 cm³/mol. The lowest BCUT2D eigenvalue weighted by atomic mass is 10.00. The van der Waals surface area contributed by atoms with Crippen molar-refractivity contribution in [3.8, 4) is 0 Å². The van der Waals surface area contributed by atoms with Crippen molar-refractivity contribution in [2.24, 2.45) is 0 Å². The normalized spacial score (nSPS) is 15.3. The van der Waals surface area contributed by atoms with Gasteiger partial charge in [-0.25, -0.2) is 9.97 Å². The summed E-state index contributed by atoms with van der Waals surface area (Å²) in [6.45, 7) is 4.82. The maximum Gasteiger partial charge on any atom is 0.133 e. The number of anilines is 1. The number of nitrogens with zero attached hydrogens (tertiary/aromatic N) is 3. The molecule has 2 heterocycles. The van der Waals surface area contributed by atoms with Crippen LogP contribution in [0.5, 0.6) is 0 Å². The van der Waals surface area contributed by atoms with Crippen LogP contribution in [-0.2, 0) is 13.0 Å². The van der Waals surface area contributed by atoms with Gasteiger partial charge < -0.3 is 15.5 Å². The molecule has 1 aromatic carbocycles. The number of hydrogen-bond donors (Lipinski definition) is 2. The van der Waals surface area contributed by atoms with Gasteiger partial charge in [-0.3, -0.25) is 0 Å². The van der Waals surface area contributed by atoms with Crippen molar-refractivity contribution in [1.82, 2.24) is 20.2 Å². The molecule has 0 spiro atoms. The summed E-state index contributed by atoms with van der Waals surface area (Å²) in [7, 11) is 4.25. The first-order valence-electron chi connectivity index (χ1n) is 8.16. The van der Waals surface area contributed by atoms with Gasteiger partial charge in [-0.2, -0.15) is 0 Å². The average molecular weight is 311 g/mol. The van der Waals surface area contributed by atoms with E-state index in [4.69, 9.17) is 0 Å². The van der Waals surface area contributed by atoms with Crippen molar-refractivity contribution in [1.29, 1.82) is 0 Å². The van der Waals surface area contributed by atoms with E-state index in [1.54, 1.807) is 6.33 Å². The largest absolute Gasteiger partial charge is 0.368 e. The number of fused-ring (bicyclic) bond motifs is 1. The van der Waals surface area contributed by atoms with Crippen LogP contribution in [0, 0.1) is 6.92 Å². The number of rotatable bonds is 5. The summed E-state index contributed by atoms with van der Waals surface area (Å²) in [4.78, 5) is 11.1. The Labute approximate surface area is 138 Å². The zero-order valence-electron chi connectivity index (χ0n) is 14.1. The quantitative estimate of drug-likeness (QED) is 0.886. The maximum absolute atomic E-state index is 4.47. The van der Waals surface area contributed by atoms with E-state index >= 15 is 0 Å². The molecule has 1 aliphatic heterocycles. The molecular weight excluding hydrogens is 286 g/mol. The molecule has 122 valence electrons. The van der Waals surface area contributed by atoms with Gasteiger partial charge in [-0.15, -0.1) is 0 Å². The number of hydrogen-bond acceptors (Lipinski definition) is 5. The van der Waals surface area contributed by atoms with Gasteiger partial charge in [0, 0.05) is 18.7 Å². The van der Waals surface area contributed by atoms with Gasteiger partial charge in [0.25, 0.3) is 0 Å². The summed E-state index contributed by atoms with van der Waals surface area (Å²) in [6.07, 6.45) is 2.64. The predicted octanol–water partition coefficient (Wildman–Crippen LogP) is 2.15. The summed E-state index contributed by atoms with van der Waals surface area (Å²) in [6, 6.07) is 8.89. The van der Waals surface area contributed by atoms with Crippen LogP contribution in [0.1, 0.15) is 28.4 Å². The van der Waals surface area contributed by atoms with Gasteiger partial charge in [0.2, 0.25) is 0 Å². The molecule has 1 atom stereocenters. The molecule has 0 unspecified atom stereocenters. The Balaban J connectivity index is 1.79. The van der Waals surface area contributed by atoms with Crippen LogP contribution in [0.4, 0.5) is 5.82 Å². The summed E-state index contributed by atoms with van der Waals surface area (Å²) >= 11 is 0. The third kappa shape index (κ3) is 3.51. The summed E-state index contributed by atoms with van der Waals surface area (Å²) < 4.78 is 0. The van der Waals surface area contributed by atoms with Gasteiger partial charge in [0.05, 0.1) is 11.7 Å². The van der Waals surface area contributed by atoms with E-state index in [1.807, 2.05) is 0 Å². The molecule has 1 aliphatic rings. The van der Waals surface area contributed by atoms with Crippen LogP contribution in [0.2, 0.25) is 0 Å². The first-order chi connectivity index (χ1) is 11.2. The fraction of sp³-hybridized carbons (Fsp3) is 0.444. The maximum atomic E-state index is 4.47. The van der Waals surface area contributed by atoms with E-state index < -0.39 is 0 Å². The van der Waals surface area contributed by atoms with Crippen molar-refractivity contribution < 1.29 is 0 Å². The van der Waals surface area contributed by atoms with E-state index in [0.717, 1.165) is 37.6 Å². The zero-order chi connectivity index (χ0) is 16.2. The molecule has 0 radical (unpaired) electrons. The summed E-state index contributed by atoms with van der Waals surface area (Å²) in [5.41, 5.74) is 5.05. The van der Waals surface area contributed by atoms with E-state index in [2.05, 4.69) is 70.8 Å². The van der Waals surface area contributed by atoms with Crippen molar-refractivity contribution >= 4 is 5.82 Å². The van der Waals surface area contributed by atoms with Gasteiger partial charge in [-0.05, 0) is 45.1 Å². The van der Waals surface area contributed by atoms with E-state index in [9.17, 15) is 0 Å². The van der Waals surface area contributed by atoms with Gasteiger partial charge in [0.15, 0.2) is 0 Å². The molecule has 0 saturated carbocycles. The van der Waals surface area contributed by atoms with Crippen LogP contribution in [0.15, 0.2) is 30.6 Å². The van der Waals surface area contributed by atoms with Crippen molar-refractivity contribution in [2.45, 2.75) is 25.9 Å². The second-order valence-corrected chi connectivity index (χ2v) is 6.29. The average Bonchev–Trinajstić information content (AvgIpc) is 2.56. The first-order valence-corrected chi connectivity index (χ1v) is 8.16. The third-order valence-corrected chi connectivity index (χ3v) is 4.51. The van der Waals surface area contributed by atoms with Gasteiger partial charge in [0.1, 0.15) is 12.1 Å². The molecule has 1 aromatic heterocycles. The Morgan fingerprint density at radius 2 is 2.09 bits per heavy atom. The smallest absolute Gasteiger partial charge is 0.133 e. The second-order valence-electron chi connectivity index (χ2n) is 6.29. The SMILES string of the molecule is Cc1ccccc1[C@H](CNc1ncnc2c1CCNC2)N(C)C. The summed E-state index contributed by atoms with van der Waals surface area (Å²) in [5.74, 6) is 0.983. The molecule has 0 fully saturated rings. The van der Waals surface area contributed by atoms with Crippen molar-refractivity contribution in [3.63, 3.8) is 0 Å². The standard InChI is InChI=1S/C18H25N5/c1-13-6-4-5-7-14(13)17(23(2)3)11-20-18-15-8-9-19-10-16(15)21-12-22-18/h4-7,12,17,19H,8-11H2,1-3H3,(H,20,21,22)/t17-/m0/s1. The number of aromatic nitrogens is 2. The number of benzene rings is 1. The molecular formula is C18H25N5. The highest BCUT2D eigenvalue weighted by atomic mass is 15.1. The Morgan fingerprint density at radius 1 is 1.26 bits per heavy atom. The fourth-order valence-corrected chi connectivity index (χ4v) is 3.16. The lowest BCUT2D eigenvalue weighted by molar-refractivity contribution is 0.310. The lowest BCUT2D eigenvalue weighted by Crippen LogP contribution is -2.30. The molecule has 5 heteroatoms. The van der Waals surface area contributed by atoms with Crippen LogP contribution < -0.4 is 10.6 Å². The van der Waals surface area contributed by atoms with Crippen LogP contribution >= 0.6 is 0 Å². The monoisotopic (exact) mass is 311 g/mol. The molecule has 0 aliphatic carbocycles. The molecule has 2 N–H and O–H groups in total. The lowest BCUT2D eigenvalue weighted by Gasteiger charge is -2.27. The minimum Gasteiger partial charge on any atom is -0.368 e. The number of likely N-dealkylation sites (N-methyl/N-ethyl adjacent to an activating group) is 1. The highest BCUT2D eigenvalue weighted by Crippen LogP contribution is 2.24. The molecule has 2 aromatic rings. The Bertz CT molecular complexity index is 668. The summed E-state index contributed by atoms with van der Waals surface area (Å²) in [5, 5.41) is 6.92. The minimum atomic E-state index is 0.309. The molecule has 3 rings (SSSR count). The minimum absolute atomic E-state index is 0.309. The Kier molecular flexibility index (Phi) is 4.88.